The van der Waals surface area contributed by atoms with Crippen molar-refractivity contribution in [3.63, 3.8) is 0 Å². The maximum atomic E-state index is 12.7. The van der Waals surface area contributed by atoms with Crippen LogP contribution in [0.2, 0.25) is 5.02 Å². The number of halogens is 1. The van der Waals surface area contributed by atoms with Crippen LogP contribution in [0.5, 0.6) is 0 Å². The minimum atomic E-state index is -3.66. The van der Waals surface area contributed by atoms with Gasteiger partial charge in [-0.3, -0.25) is 4.79 Å². The molecule has 0 bridgehead atoms. The summed E-state index contributed by atoms with van der Waals surface area (Å²) in [5.41, 5.74) is 0.247. The maximum absolute atomic E-state index is 12.7. The zero-order valence-corrected chi connectivity index (χ0v) is 18.0. The van der Waals surface area contributed by atoms with Crippen molar-refractivity contribution >= 4 is 33.5 Å². The Morgan fingerprint density at radius 1 is 1.31 bits per heavy atom. The summed E-state index contributed by atoms with van der Waals surface area (Å²) < 4.78 is 36.0. The Bertz CT molecular complexity index is 1120. The standard InChI is InChI=1S/C16H20ClN5O6S/c1-6-27-16(24)28-10(3)22-15(21(4)19-20-22)18-14(23)11-8-7-9(2)13(12(11)17)29(5,25)26/h7-8,10H,6H2,1-5H3. The summed E-state index contributed by atoms with van der Waals surface area (Å²) in [4.78, 5) is 28.0. The van der Waals surface area contributed by atoms with E-state index in [1.807, 2.05) is 0 Å². The first-order valence-corrected chi connectivity index (χ1v) is 10.6. The van der Waals surface area contributed by atoms with Crippen molar-refractivity contribution in [3.8, 4) is 0 Å². The number of rotatable bonds is 5. The third kappa shape index (κ3) is 5.01. The molecule has 0 N–H and O–H groups in total. The normalized spacial score (nSPS) is 13.2. The molecular weight excluding hydrogens is 426 g/mol. The van der Waals surface area contributed by atoms with E-state index in [4.69, 9.17) is 21.1 Å². The zero-order valence-electron chi connectivity index (χ0n) is 16.4. The fourth-order valence-electron chi connectivity index (χ4n) is 2.46. The highest BCUT2D eigenvalue weighted by molar-refractivity contribution is 7.90. The van der Waals surface area contributed by atoms with E-state index < -0.39 is 28.1 Å². The van der Waals surface area contributed by atoms with Gasteiger partial charge in [0.05, 0.1) is 22.1 Å². The summed E-state index contributed by atoms with van der Waals surface area (Å²) in [6, 6.07) is 2.85. The maximum Gasteiger partial charge on any atom is 0.510 e. The number of tetrazole rings is 1. The van der Waals surface area contributed by atoms with E-state index in [0.717, 1.165) is 10.9 Å². The van der Waals surface area contributed by atoms with E-state index in [1.54, 1.807) is 13.8 Å². The third-order valence-corrected chi connectivity index (χ3v) is 5.51. The molecule has 0 radical (unpaired) electrons. The van der Waals surface area contributed by atoms with Crippen molar-refractivity contribution in [1.82, 2.24) is 19.8 Å². The molecule has 1 amide bonds. The van der Waals surface area contributed by atoms with Crippen LogP contribution in [0, 0.1) is 6.92 Å². The summed E-state index contributed by atoms with van der Waals surface area (Å²) >= 11 is 6.19. The van der Waals surface area contributed by atoms with Crippen molar-refractivity contribution in [1.29, 1.82) is 0 Å². The van der Waals surface area contributed by atoms with Gasteiger partial charge in [0.1, 0.15) is 0 Å². The van der Waals surface area contributed by atoms with Crippen LogP contribution in [0.25, 0.3) is 0 Å². The van der Waals surface area contributed by atoms with E-state index >= 15 is 0 Å². The molecule has 158 valence electrons. The lowest BCUT2D eigenvalue weighted by atomic mass is 10.1. The Kier molecular flexibility index (Phi) is 6.80. The first-order valence-electron chi connectivity index (χ1n) is 8.37. The lowest BCUT2D eigenvalue weighted by Crippen LogP contribution is -2.31. The van der Waals surface area contributed by atoms with Crippen molar-refractivity contribution in [3.05, 3.63) is 33.9 Å². The van der Waals surface area contributed by atoms with Gasteiger partial charge in [0.25, 0.3) is 11.5 Å². The van der Waals surface area contributed by atoms with Crippen LogP contribution in [0.4, 0.5) is 4.79 Å². The van der Waals surface area contributed by atoms with Gasteiger partial charge in [-0.1, -0.05) is 17.7 Å². The number of aromatic nitrogens is 4. The lowest BCUT2D eigenvalue weighted by molar-refractivity contribution is -0.00108. The highest BCUT2D eigenvalue weighted by Crippen LogP contribution is 2.29. The molecule has 1 aromatic heterocycles. The van der Waals surface area contributed by atoms with Crippen LogP contribution in [-0.4, -0.2) is 53.1 Å². The van der Waals surface area contributed by atoms with Crippen LogP contribution >= 0.6 is 11.6 Å². The van der Waals surface area contributed by atoms with Gasteiger partial charge >= 0.3 is 6.16 Å². The first kappa shape index (κ1) is 22.6. The molecule has 1 heterocycles. The Morgan fingerprint density at radius 3 is 2.55 bits per heavy atom. The molecule has 13 heteroatoms. The zero-order chi connectivity index (χ0) is 21.9. The highest BCUT2D eigenvalue weighted by Gasteiger charge is 2.23. The van der Waals surface area contributed by atoms with Crippen LogP contribution in [0.3, 0.4) is 0 Å². The smallest absolute Gasteiger partial charge is 0.435 e. The average Bonchev–Trinajstić information content (AvgIpc) is 2.94. The second-order valence-electron chi connectivity index (χ2n) is 6.01. The third-order valence-electron chi connectivity index (χ3n) is 3.73. The second kappa shape index (κ2) is 8.74. The van der Waals surface area contributed by atoms with E-state index in [-0.39, 0.29) is 27.7 Å². The molecule has 0 saturated carbocycles. The predicted octanol–water partition coefficient (Wildman–Crippen LogP) is 1.41. The largest absolute Gasteiger partial charge is 0.510 e. The van der Waals surface area contributed by atoms with E-state index in [0.29, 0.717) is 5.56 Å². The summed E-state index contributed by atoms with van der Waals surface area (Å²) in [6.07, 6.45) is -0.899. The molecule has 0 aliphatic carbocycles. The summed E-state index contributed by atoms with van der Waals surface area (Å²) in [5, 5.41) is 7.32. The van der Waals surface area contributed by atoms with Crippen LogP contribution < -0.4 is 5.62 Å². The van der Waals surface area contributed by atoms with Crippen molar-refractivity contribution in [2.45, 2.75) is 31.9 Å². The Balaban J connectivity index is 2.50. The van der Waals surface area contributed by atoms with E-state index in [9.17, 15) is 18.0 Å². The molecular formula is C16H20ClN5O6S. The number of aryl methyl sites for hydroxylation is 2. The van der Waals surface area contributed by atoms with Gasteiger partial charge in [-0.05, 0) is 42.8 Å². The molecule has 0 spiro atoms. The summed E-state index contributed by atoms with van der Waals surface area (Å²) in [7, 11) is -2.19. The van der Waals surface area contributed by atoms with E-state index in [2.05, 4.69) is 15.4 Å². The molecule has 2 rings (SSSR count). The monoisotopic (exact) mass is 445 g/mol. The number of amides is 1. The molecule has 29 heavy (non-hydrogen) atoms. The van der Waals surface area contributed by atoms with Gasteiger partial charge in [0, 0.05) is 13.3 Å². The quantitative estimate of drug-likeness (QED) is 0.630. The summed E-state index contributed by atoms with van der Waals surface area (Å²) in [6.45, 7) is 4.80. The Hall–Kier alpha value is -2.73. The number of hydrogen-bond acceptors (Lipinski definition) is 8. The van der Waals surface area contributed by atoms with Gasteiger partial charge in [-0.15, -0.1) is 0 Å². The molecule has 0 aliphatic heterocycles. The average molecular weight is 446 g/mol. The predicted molar refractivity (Wildman–Crippen MR) is 101 cm³/mol. The fraction of sp³-hybridized carbons (Fsp3) is 0.438. The van der Waals surface area contributed by atoms with E-state index in [1.165, 1.54) is 30.8 Å². The number of nitrogens with zero attached hydrogens (tertiary/aromatic N) is 5. The van der Waals surface area contributed by atoms with Crippen LogP contribution in [-0.2, 0) is 26.4 Å². The second-order valence-corrected chi connectivity index (χ2v) is 8.34. The number of benzene rings is 1. The highest BCUT2D eigenvalue weighted by atomic mass is 35.5. The fourth-order valence-corrected chi connectivity index (χ4v) is 4.26. The van der Waals surface area contributed by atoms with Gasteiger partial charge in [-0.2, -0.15) is 9.67 Å². The van der Waals surface area contributed by atoms with Crippen LogP contribution in [0.15, 0.2) is 22.0 Å². The molecule has 1 aromatic carbocycles. The van der Waals surface area contributed by atoms with Gasteiger partial charge in [-0.25, -0.2) is 17.9 Å². The number of carbonyl (C=O) groups excluding carboxylic acids is 2. The minimum absolute atomic E-state index is 0.0515. The molecule has 1 unspecified atom stereocenters. The molecule has 11 nitrogen and oxygen atoms in total. The first-order chi connectivity index (χ1) is 13.5. The molecule has 0 aliphatic rings. The summed E-state index contributed by atoms with van der Waals surface area (Å²) in [5.74, 6) is -0.817. The minimum Gasteiger partial charge on any atom is -0.435 e. The Morgan fingerprint density at radius 2 is 1.97 bits per heavy atom. The van der Waals surface area contributed by atoms with Gasteiger partial charge in [0.2, 0.25) is 6.23 Å². The van der Waals surface area contributed by atoms with Gasteiger partial charge < -0.3 is 9.47 Å². The van der Waals surface area contributed by atoms with Crippen LogP contribution in [0.1, 0.15) is 36.0 Å². The lowest BCUT2D eigenvalue weighted by Gasteiger charge is -2.12. The Labute approximate surface area is 171 Å². The van der Waals surface area contributed by atoms with Crippen molar-refractivity contribution < 1.29 is 27.5 Å². The van der Waals surface area contributed by atoms with Gasteiger partial charge in [0.15, 0.2) is 9.84 Å². The molecule has 2 aromatic rings. The number of sulfone groups is 1. The topological polar surface area (TPSA) is 135 Å². The molecule has 0 saturated heterocycles. The number of ether oxygens (including phenoxy) is 2. The van der Waals surface area contributed by atoms with Crippen molar-refractivity contribution in [2.75, 3.05) is 12.9 Å². The molecule has 0 fully saturated rings. The molecule has 1 atom stereocenters. The SMILES string of the molecule is CCOC(=O)OC(C)n1nnn(C)c1=NC(=O)c1ccc(C)c(S(C)(=O)=O)c1Cl. The number of carbonyl (C=O) groups is 2. The van der Waals surface area contributed by atoms with Crippen molar-refractivity contribution in [2.24, 2.45) is 12.0 Å². The number of hydrogen-bond donors (Lipinski definition) is 0.